The molecule has 4 heteroatoms. The molecule has 0 atom stereocenters. The number of benzene rings is 1. The van der Waals surface area contributed by atoms with Crippen LogP contribution in [0, 0.1) is 6.92 Å². The minimum atomic E-state index is 0.685. The van der Waals surface area contributed by atoms with Crippen molar-refractivity contribution in [3.05, 3.63) is 47.8 Å². The van der Waals surface area contributed by atoms with Crippen molar-refractivity contribution in [3.8, 4) is 5.75 Å². The van der Waals surface area contributed by atoms with E-state index in [0.29, 0.717) is 12.2 Å². The van der Waals surface area contributed by atoms with Gasteiger partial charge in [-0.3, -0.25) is 4.98 Å². The zero-order chi connectivity index (χ0) is 13.0. The third-order valence-corrected chi connectivity index (χ3v) is 2.72. The van der Waals surface area contributed by atoms with Gasteiger partial charge in [-0.05, 0) is 30.7 Å². The molecule has 18 heavy (non-hydrogen) atoms. The highest BCUT2D eigenvalue weighted by atomic mass is 16.5. The number of hydrogen-bond donors (Lipinski definition) is 2. The molecule has 0 spiro atoms. The first kappa shape index (κ1) is 12.2. The van der Waals surface area contributed by atoms with Crippen LogP contribution in [0.1, 0.15) is 11.3 Å². The number of nitrogens with one attached hydrogen (secondary N) is 1. The van der Waals surface area contributed by atoms with Gasteiger partial charge < -0.3 is 15.8 Å². The molecule has 0 aliphatic carbocycles. The van der Waals surface area contributed by atoms with Gasteiger partial charge in [0.15, 0.2) is 0 Å². The summed E-state index contributed by atoms with van der Waals surface area (Å²) in [5, 5.41) is 3.28. The summed E-state index contributed by atoms with van der Waals surface area (Å²) in [6, 6.07) is 9.59. The van der Waals surface area contributed by atoms with Crippen LogP contribution in [0.2, 0.25) is 0 Å². The highest BCUT2D eigenvalue weighted by Crippen LogP contribution is 2.24. The maximum atomic E-state index is 5.90. The molecule has 0 saturated heterocycles. The van der Waals surface area contributed by atoms with Crippen molar-refractivity contribution < 1.29 is 4.74 Å². The number of nitrogens with two attached hydrogens (primary N) is 1. The van der Waals surface area contributed by atoms with Crippen LogP contribution >= 0.6 is 0 Å². The Kier molecular flexibility index (Phi) is 3.67. The van der Waals surface area contributed by atoms with Crippen molar-refractivity contribution in [2.75, 3.05) is 18.2 Å². The number of aryl methyl sites for hydroxylation is 1. The van der Waals surface area contributed by atoms with E-state index >= 15 is 0 Å². The van der Waals surface area contributed by atoms with Gasteiger partial charge in [-0.15, -0.1) is 0 Å². The molecule has 0 saturated carbocycles. The molecule has 4 nitrogen and oxygen atoms in total. The number of aromatic nitrogens is 1. The Morgan fingerprint density at radius 2 is 2.11 bits per heavy atom. The molecule has 0 unspecified atom stereocenters. The van der Waals surface area contributed by atoms with E-state index < -0.39 is 0 Å². The first-order chi connectivity index (χ1) is 8.69. The lowest BCUT2D eigenvalue weighted by molar-refractivity contribution is 0.415. The van der Waals surface area contributed by atoms with Crippen LogP contribution in [-0.2, 0) is 6.54 Å². The van der Waals surface area contributed by atoms with Crippen LogP contribution in [0.4, 0.5) is 11.4 Å². The van der Waals surface area contributed by atoms with Crippen molar-refractivity contribution in [2.24, 2.45) is 0 Å². The van der Waals surface area contributed by atoms with Gasteiger partial charge in [0.05, 0.1) is 18.5 Å². The standard InChI is InChI=1S/C14H17N3O/c1-10-3-4-11(8-16-10)9-17-14-7-12(18-2)5-6-13(14)15/h3-8,17H,9,15H2,1-2H3. The number of hydrogen-bond acceptors (Lipinski definition) is 4. The maximum absolute atomic E-state index is 5.90. The highest BCUT2D eigenvalue weighted by molar-refractivity contribution is 5.68. The average molecular weight is 243 g/mol. The lowest BCUT2D eigenvalue weighted by Crippen LogP contribution is -2.03. The van der Waals surface area contributed by atoms with E-state index in [0.717, 1.165) is 22.7 Å². The fraction of sp³-hybridized carbons (Fsp3) is 0.214. The monoisotopic (exact) mass is 243 g/mol. The van der Waals surface area contributed by atoms with E-state index in [2.05, 4.69) is 10.3 Å². The average Bonchev–Trinajstić information content (AvgIpc) is 2.40. The number of pyridine rings is 1. The van der Waals surface area contributed by atoms with E-state index in [-0.39, 0.29) is 0 Å². The predicted molar refractivity (Wildman–Crippen MR) is 73.7 cm³/mol. The van der Waals surface area contributed by atoms with E-state index in [1.54, 1.807) is 7.11 Å². The van der Waals surface area contributed by atoms with Crippen molar-refractivity contribution in [3.63, 3.8) is 0 Å². The topological polar surface area (TPSA) is 60.2 Å². The predicted octanol–water partition coefficient (Wildman–Crippen LogP) is 2.59. The molecule has 0 aliphatic heterocycles. The number of ether oxygens (including phenoxy) is 1. The number of methoxy groups -OCH3 is 1. The zero-order valence-corrected chi connectivity index (χ0v) is 10.6. The van der Waals surface area contributed by atoms with Gasteiger partial charge >= 0.3 is 0 Å². The molecule has 2 aromatic rings. The molecule has 0 radical (unpaired) electrons. The van der Waals surface area contributed by atoms with Gasteiger partial charge in [-0.1, -0.05) is 6.07 Å². The number of nitrogen functional groups attached to an aromatic ring is 1. The fourth-order valence-electron chi connectivity index (χ4n) is 1.62. The lowest BCUT2D eigenvalue weighted by Gasteiger charge is -2.11. The van der Waals surface area contributed by atoms with Crippen LogP contribution in [0.25, 0.3) is 0 Å². The van der Waals surface area contributed by atoms with Gasteiger partial charge in [-0.25, -0.2) is 0 Å². The summed E-state index contributed by atoms with van der Waals surface area (Å²) in [7, 11) is 1.64. The van der Waals surface area contributed by atoms with Gasteiger partial charge in [0, 0.05) is 24.5 Å². The summed E-state index contributed by atoms with van der Waals surface area (Å²) < 4.78 is 5.17. The van der Waals surface area contributed by atoms with Crippen molar-refractivity contribution in [2.45, 2.75) is 13.5 Å². The van der Waals surface area contributed by atoms with Crippen LogP contribution in [0.3, 0.4) is 0 Å². The van der Waals surface area contributed by atoms with Gasteiger partial charge in [0.1, 0.15) is 5.75 Å². The Hall–Kier alpha value is -2.23. The molecular formula is C14H17N3O. The second-order valence-corrected chi connectivity index (χ2v) is 4.11. The van der Waals surface area contributed by atoms with Crippen molar-refractivity contribution >= 4 is 11.4 Å². The Labute approximate surface area is 107 Å². The second-order valence-electron chi connectivity index (χ2n) is 4.11. The number of nitrogens with zero attached hydrogens (tertiary/aromatic N) is 1. The third kappa shape index (κ3) is 2.91. The molecule has 0 fully saturated rings. The first-order valence-electron chi connectivity index (χ1n) is 5.78. The SMILES string of the molecule is COc1ccc(N)c(NCc2ccc(C)nc2)c1. The van der Waals surface area contributed by atoms with Crippen LogP contribution < -0.4 is 15.8 Å². The molecule has 0 amide bonds. The van der Waals surface area contributed by atoms with E-state index in [1.807, 2.05) is 43.5 Å². The Bertz CT molecular complexity index is 523. The molecule has 0 aliphatic rings. The fourth-order valence-corrected chi connectivity index (χ4v) is 1.62. The minimum Gasteiger partial charge on any atom is -0.497 e. The molecule has 94 valence electrons. The summed E-state index contributed by atoms with van der Waals surface area (Å²) >= 11 is 0. The molecule has 0 bridgehead atoms. The zero-order valence-electron chi connectivity index (χ0n) is 10.6. The van der Waals surface area contributed by atoms with Crippen LogP contribution in [-0.4, -0.2) is 12.1 Å². The number of anilines is 2. The molecule has 3 N–H and O–H groups in total. The van der Waals surface area contributed by atoms with Gasteiger partial charge in [-0.2, -0.15) is 0 Å². The number of rotatable bonds is 4. The summed E-state index contributed by atoms with van der Waals surface area (Å²) in [6.45, 7) is 2.65. The third-order valence-electron chi connectivity index (χ3n) is 2.72. The first-order valence-corrected chi connectivity index (χ1v) is 5.78. The lowest BCUT2D eigenvalue weighted by atomic mass is 10.2. The largest absolute Gasteiger partial charge is 0.497 e. The Morgan fingerprint density at radius 3 is 2.78 bits per heavy atom. The second kappa shape index (κ2) is 5.40. The Morgan fingerprint density at radius 1 is 1.28 bits per heavy atom. The normalized spacial score (nSPS) is 10.1. The van der Waals surface area contributed by atoms with E-state index in [4.69, 9.17) is 10.5 Å². The van der Waals surface area contributed by atoms with Crippen LogP contribution in [0.15, 0.2) is 36.5 Å². The van der Waals surface area contributed by atoms with E-state index in [1.165, 1.54) is 0 Å². The molecule has 1 aromatic carbocycles. The molecular weight excluding hydrogens is 226 g/mol. The molecule has 1 heterocycles. The summed E-state index contributed by atoms with van der Waals surface area (Å²) in [6.07, 6.45) is 1.86. The molecule has 2 rings (SSSR count). The van der Waals surface area contributed by atoms with Crippen LogP contribution in [0.5, 0.6) is 5.75 Å². The summed E-state index contributed by atoms with van der Waals surface area (Å²) in [5.41, 5.74) is 9.60. The van der Waals surface area contributed by atoms with Crippen molar-refractivity contribution in [1.82, 2.24) is 4.98 Å². The van der Waals surface area contributed by atoms with E-state index in [9.17, 15) is 0 Å². The summed E-state index contributed by atoms with van der Waals surface area (Å²) in [4.78, 5) is 4.25. The minimum absolute atomic E-state index is 0.685. The smallest absolute Gasteiger partial charge is 0.121 e. The van der Waals surface area contributed by atoms with Gasteiger partial charge in [0.25, 0.3) is 0 Å². The summed E-state index contributed by atoms with van der Waals surface area (Å²) in [5.74, 6) is 0.786. The van der Waals surface area contributed by atoms with Gasteiger partial charge in [0.2, 0.25) is 0 Å². The highest BCUT2D eigenvalue weighted by Gasteiger charge is 2.01. The maximum Gasteiger partial charge on any atom is 0.121 e. The molecule has 1 aromatic heterocycles. The van der Waals surface area contributed by atoms with Crippen molar-refractivity contribution in [1.29, 1.82) is 0 Å². The quantitative estimate of drug-likeness (QED) is 0.810. The Balaban J connectivity index is 2.07.